The van der Waals surface area contributed by atoms with Gasteiger partial charge < -0.3 is 14.3 Å². The van der Waals surface area contributed by atoms with Crippen molar-refractivity contribution in [3.05, 3.63) is 210 Å². The van der Waals surface area contributed by atoms with E-state index >= 15 is 0 Å². The minimum absolute atomic E-state index is 0.0194. The Labute approximate surface area is 428 Å². The normalized spacial score (nSPS) is 13.2. The second kappa shape index (κ2) is 16.1. The lowest BCUT2D eigenvalue weighted by Gasteiger charge is -2.23. The maximum atomic E-state index is 6.64. The molecule has 1 unspecified atom stereocenters. The zero-order valence-corrected chi connectivity index (χ0v) is 43.1. The fraction of sp³-hybridized carbons (Fsp3) is 0.152. The molecule has 0 radical (unpaired) electrons. The Balaban J connectivity index is 1.01. The Kier molecular flexibility index (Phi) is 9.69. The van der Waals surface area contributed by atoms with E-state index in [0.717, 1.165) is 47.0 Å². The number of anilines is 2. The third kappa shape index (κ3) is 6.98. The van der Waals surface area contributed by atoms with Crippen molar-refractivity contribution < 1.29 is 4.42 Å². The van der Waals surface area contributed by atoms with E-state index in [1.165, 1.54) is 107 Å². The molecule has 0 bridgehead atoms. The summed E-state index contributed by atoms with van der Waals surface area (Å²) in [5, 5.41) is 12.8. The van der Waals surface area contributed by atoms with E-state index in [0.29, 0.717) is 0 Å². The van der Waals surface area contributed by atoms with Crippen molar-refractivity contribution in [2.75, 3.05) is 5.32 Å². The average molecular weight is 965 g/mol. The molecule has 348 valence electrons. The number of furan rings is 1. The fourth-order valence-electron chi connectivity index (χ4n) is 11.7. The van der Waals surface area contributed by atoms with E-state index in [1.807, 2.05) is 22.7 Å². The highest BCUT2D eigenvalue weighted by molar-refractivity contribution is 7.29. The number of fused-ring (bicyclic) bond motifs is 13. The summed E-state index contributed by atoms with van der Waals surface area (Å²) in [5.74, 6) is 0.236. The molecule has 14 rings (SSSR count). The van der Waals surface area contributed by atoms with E-state index in [9.17, 15) is 0 Å². The molecular weight excluding hydrogens is 912 g/mol. The SMILES string of the molecule is CC(C)(C)c1ccc(Nc2cc3sc4cc(C(Cc5ccccc5)c5ccccc5)ccc4c3cc2-c2ccc3c4cc5c(cc4n4c3c2Bc2sc3ccc(C(C)(C)C)cc3c2-4)oc2ccccc25)cc1. The molecule has 0 saturated carbocycles. The highest BCUT2D eigenvalue weighted by Crippen LogP contribution is 2.47. The number of para-hydroxylation sites is 1. The molecular formula is C66H53BN2OS2. The van der Waals surface area contributed by atoms with Crippen molar-refractivity contribution >= 4 is 126 Å². The Morgan fingerprint density at radius 2 is 1.24 bits per heavy atom. The minimum atomic E-state index is 0.0194. The van der Waals surface area contributed by atoms with Crippen LogP contribution in [0, 0.1) is 0 Å². The van der Waals surface area contributed by atoms with Gasteiger partial charge in [-0.05, 0) is 115 Å². The molecule has 0 spiro atoms. The van der Waals surface area contributed by atoms with E-state index in [1.54, 1.807) is 0 Å². The van der Waals surface area contributed by atoms with Crippen molar-refractivity contribution in [1.82, 2.24) is 4.57 Å². The van der Waals surface area contributed by atoms with Gasteiger partial charge in [0.25, 0.3) is 0 Å². The van der Waals surface area contributed by atoms with Gasteiger partial charge in [0.05, 0.1) is 11.2 Å². The largest absolute Gasteiger partial charge is 0.456 e. The molecule has 72 heavy (non-hydrogen) atoms. The Morgan fingerprint density at radius 1 is 0.514 bits per heavy atom. The van der Waals surface area contributed by atoms with Crippen LogP contribution in [-0.4, -0.2) is 11.8 Å². The Hall–Kier alpha value is -7.38. The van der Waals surface area contributed by atoms with Gasteiger partial charge in [0.1, 0.15) is 11.2 Å². The van der Waals surface area contributed by atoms with Crippen LogP contribution >= 0.6 is 22.7 Å². The van der Waals surface area contributed by atoms with Gasteiger partial charge in [-0.1, -0.05) is 163 Å². The number of nitrogens with zero attached hydrogens (tertiary/aromatic N) is 1. The topological polar surface area (TPSA) is 30.1 Å². The lowest BCUT2D eigenvalue weighted by molar-refractivity contribution is 0.590. The minimum Gasteiger partial charge on any atom is -0.456 e. The number of aromatic nitrogens is 1. The van der Waals surface area contributed by atoms with Crippen LogP contribution in [0.25, 0.3) is 90.8 Å². The molecule has 3 nitrogen and oxygen atoms in total. The second-order valence-corrected chi connectivity index (χ2v) is 24.4. The van der Waals surface area contributed by atoms with Crippen molar-refractivity contribution in [1.29, 1.82) is 0 Å². The van der Waals surface area contributed by atoms with Gasteiger partial charge in [0, 0.05) is 86.2 Å². The molecule has 9 aromatic carbocycles. The highest BCUT2D eigenvalue weighted by atomic mass is 32.1. The molecule has 6 heteroatoms. The first-order chi connectivity index (χ1) is 34.9. The Bertz CT molecular complexity index is 4310. The van der Waals surface area contributed by atoms with E-state index < -0.39 is 0 Å². The number of hydrogen-bond acceptors (Lipinski definition) is 4. The molecule has 0 aliphatic carbocycles. The predicted octanol–water partition coefficient (Wildman–Crippen LogP) is 17.3. The maximum Gasteiger partial charge on any atom is 0.211 e. The quantitative estimate of drug-likeness (QED) is 0.161. The van der Waals surface area contributed by atoms with Crippen LogP contribution in [0.1, 0.15) is 75.3 Å². The summed E-state index contributed by atoms with van der Waals surface area (Å²) >= 11 is 3.86. The Morgan fingerprint density at radius 3 is 2.03 bits per heavy atom. The van der Waals surface area contributed by atoms with Crippen molar-refractivity contribution in [3.8, 4) is 16.8 Å². The monoisotopic (exact) mass is 964 g/mol. The number of nitrogens with one attached hydrogen (secondary N) is 1. The highest BCUT2D eigenvalue weighted by Gasteiger charge is 2.31. The summed E-state index contributed by atoms with van der Waals surface area (Å²) in [5.41, 5.74) is 18.4. The van der Waals surface area contributed by atoms with Gasteiger partial charge in [-0.2, -0.15) is 0 Å². The zero-order chi connectivity index (χ0) is 48.6. The first-order valence-electron chi connectivity index (χ1n) is 25.4. The van der Waals surface area contributed by atoms with Gasteiger partial charge in [-0.25, -0.2) is 0 Å². The second-order valence-electron chi connectivity index (χ2n) is 22.2. The van der Waals surface area contributed by atoms with Crippen LogP contribution < -0.4 is 15.6 Å². The summed E-state index contributed by atoms with van der Waals surface area (Å²) in [6.45, 7) is 13.8. The van der Waals surface area contributed by atoms with E-state index in [2.05, 4.69) is 233 Å². The summed E-state index contributed by atoms with van der Waals surface area (Å²) in [4.78, 5) is 0. The molecule has 1 aliphatic heterocycles. The molecule has 1 aliphatic rings. The summed E-state index contributed by atoms with van der Waals surface area (Å²) < 4.78 is 14.6. The van der Waals surface area contributed by atoms with Gasteiger partial charge in [-0.3, -0.25) is 0 Å². The molecule has 0 saturated heterocycles. The van der Waals surface area contributed by atoms with Gasteiger partial charge in [0.15, 0.2) is 0 Å². The fourth-order valence-corrected chi connectivity index (χ4v) is 14.1. The van der Waals surface area contributed by atoms with Gasteiger partial charge in [0.2, 0.25) is 7.28 Å². The number of hydrogen-bond donors (Lipinski definition) is 1. The lowest BCUT2D eigenvalue weighted by Crippen LogP contribution is -2.35. The first-order valence-corrected chi connectivity index (χ1v) is 27.0. The van der Waals surface area contributed by atoms with Crippen LogP contribution in [0.15, 0.2) is 186 Å². The number of benzene rings is 9. The first kappa shape index (κ1) is 43.4. The number of rotatable bonds is 7. The third-order valence-corrected chi connectivity index (χ3v) is 17.8. The van der Waals surface area contributed by atoms with Crippen LogP contribution in [0.3, 0.4) is 0 Å². The summed E-state index contributed by atoms with van der Waals surface area (Å²) in [7, 11) is 0.843. The average Bonchev–Trinajstić information content (AvgIpc) is 4.14. The molecule has 5 heterocycles. The number of thiophene rings is 2. The third-order valence-electron chi connectivity index (χ3n) is 15.5. The van der Waals surface area contributed by atoms with E-state index in [-0.39, 0.29) is 16.7 Å². The molecule has 0 amide bonds. The zero-order valence-electron chi connectivity index (χ0n) is 41.5. The van der Waals surface area contributed by atoms with Crippen molar-refractivity contribution in [3.63, 3.8) is 0 Å². The molecule has 13 aromatic rings. The maximum absolute atomic E-state index is 6.64. The standard InChI is InChI=1S/C66H53BN2OS2/c1-65(2,3)41-22-25-43(26-23-41)68-54-36-60-52(45-27-21-40(32-59(45)71-60)48(39-17-11-8-12-18-39)31-38-15-9-7-10-16-38)34-49(54)46-28-29-47-50-35-51-44-19-13-14-20-56(44)70-57(51)37-55(50)69-62(47)61(46)67-64-63(69)53-33-42(66(4,5)6)24-30-58(53)72-64/h7-30,32-37,48,67-68H,31H2,1-6H3. The van der Waals surface area contributed by atoms with Crippen molar-refractivity contribution in [2.24, 2.45) is 0 Å². The molecule has 1 atom stereocenters. The molecule has 0 fully saturated rings. The molecule has 1 N–H and O–H groups in total. The molecule has 4 aromatic heterocycles. The summed E-state index contributed by atoms with van der Waals surface area (Å²) in [6.07, 6.45) is 0.942. The van der Waals surface area contributed by atoms with Crippen molar-refractivity contribution in [2.45, 2.75) is 64.7 Å². The van der Waals surface area contributed by atoms with Crippen LogP contribution in [0.4, 0.5) is 11.4 Å². The van der Waals surface area contributed by atoms with Gasteiger partial charge >= 0.3 is 0 Å². The van der Waals surface area contributed by atoms with E-state index in [4.69, 9.17) is 4.42 Å². The lowest BCUT2D eigenvalue weighted by atomic mass is 9.63. The predicted molar refractivity (Wildman–Crippen MR) is 314 cm³/mol. The van der Waals surface area contributed by atoms with Gasteiger partial charge in [-0.15, -0.1) is 22.7 Å². The summed E-state index contributed by atoms with van der Waals surface area (Å²) in [6, 6.07) is 68.4. The van der Waals surface area contributed by atoms with Crippen LogP contribution in [0.5, 0.6) is 0 Å². The smallest absolute Gasteiger partial charge is 0.211 e. The van der Waals surface area contributed by atoms with Crippen LogP contribution in [-0.2, 0) is 17.3 Å². The van der Waals surface area contributed by atoms with Crippen LogP contribution in [0.2, 0.25) is 0 Å².